The molecule has 11 heteroatoms. The van der Waals surface area contributed by atoms with Gasteiger partial charge < -0.3 is 45.1 Å². The van der Waals surface area contributed by atoms with Gasteiger partial charge in [0.2, 0.25) is 5.91 Å². The summed E-state index contributed by atoms with van der Waals surface area (Å²) in [7, 11) is 0. The summed E-state index contributed by atoms with van der Waals surface area (Å²) in [5, 5.41) is 56.8. The van der Waals surface area contributed by atoms with Crippen molar-refractivity contribution >= 4 is 11.9 Å². The standard InChI is InChI=1S/C64H111NO10/c1-4-7-10-13-16-19-22-24-25-26-27-28-29-30-31-32-33-35-37-40-43-46-49-52-59(69)75-62-61(71)60(70)58(53-66)74-64(62)73-54-55(56(67)50-47-44-41-39-36-34-23-20-17-14-11-8-5-2)65-63(72)57(68)51-48-45-42-38-21-18-15-12-9-6-3/h7,10,15-16,18-19,24-25,27-28,30-31,47,50,55-58,60-62,64,66-68,70-71H,4-6,8-9,11-14,17,20-23,26,29,32-46,48-49,51-54H2,1-3H3,(H,65,72)/b10-7-,18-15-,19-16-,25-24-,28-27-,31-30-,50-47+. The van der Waals surface area contributed by atoms with Gasteiger partial charge in [-0.2, -0.15) is 0 Å². The number of unbranched alkanes of at least 4 members (excludes halogenated alkanes) is 24. The summed E-state index contributed by atoms with van der Waals surface area (Å²) >= 11 is 0. The zero-order valence-electron chi connectivity index (χ0n) is 47.6. The SMILES string of the molecule is CC/C=C\C/C=C\C/C=C\C/C=C\C/C=C\CCCCCCCCCC(=O)OC1C(OCC(NC(=O)C(O)CCCCCC/C=C\CCCC)C(O)/C=C/CCCCCCCCCCCCC)OC(CO)C(O)C1O. The van der Waals surface area contributed by atoms with E-state index in [0.29, 0.717) is 12.8 Å². The number of aliphatic hydroxyl groups is 5. The highest BCUT2D eigenvalue weighted by molar-refractivity contribution is 5.80. The molecule has 1 aliphatic heterocycles. The lowest BCUT2D eigenvalue weighted by Gasteiger charge is -2.41. The number of aliphatic hydroxyl groups excluding tert-OH is 5. The zero-order valence-corrected chi connectivity index (χ0v) is 47.6. The number of carbonyl (C=O) groups excluding carboxylic acids is 2. The number of allylic oxidation sites excluding steroid dienone is 13. The first-order chi connectivity index (χ1) is 36.7. The van der Waals surface area contributed by atoms with E-state index in [1.165, 1.54) is 70.6 Å². The molecule has 1 heterocycles. The van der Waals surface area contributed by atoms with Crippen molar-refractivity contribution in [3.8, 4) is 0 Å². The first-order valence-corrected chi connectivity index (χ1v) is 30.4. The third-order valence-electron chi connectivity index (χ3n) is 13.8. The van der Waals surface area contributed by atoms with Gasteiger partial charge in [0.15, 0.2) is 12.4 Å². The molecule has 8 unspecified atom stereocenters. The van der Waals surface area contributed by atoms with E-state index in [0.717, 1.165) is 128 Å². The summed E-state index contributed by atoms with van der Waals surface area (Å²) in [5.74, 6) is -1.22. The highest BCUT2D eigenvalue weighted by Crippen LogP contribution is 2.26. The highest BCUT2D eigenvalue weighted by Gasteiger charge is 2.47. The van der Waals surface area contributed by atoms with Crippen molar-refractivity contribution < 1.29 is 49.3 Å². The van der Waals surface area contributed by atoms with Gasteiger partial charge in [-0.05, 0) is 89.9 Å². The molecule has 0 aliphatic carbocycles. The van der Waals surface area contributed by atoms with Crippen LogP contribution in [0.5, 0.6) is 0 Å². The Morgan fingerprint density at radius 2 is 0.973 bits per heavy atom. The van der Waals surface area contributed by atoms with Crippen LogP contribution in [-0.2, 0) is 23.8 Å². The maximum atomic E-state index is 13.3. The molecule has 0 aromatic carbocycles. The van der Waals surface area contributed by atoms with Crippen molar-refractivity contribution in [2.75, 3.05) is 13.2 Å². The van der Waals surface area contributed by atoms with Crippen LogP contribution in [0.4, 0.5) is 0 Å². The highest BCUT2D eigenvalue weighted by atomic mass is 16.7. The Kier molecular flexibility index (Phi) is 48.0. The molecule has 1 amide bonds. The second-order valence-electron chi connectivity index (χ2n) is 20.7. The van der Waals surface area contributed by atoms with E-state index in [1.807, 2.05) is 6.08 Å². The van der Waals surface area contributed by atoms with Gasteiger partial charge in [0.25, 0.3) is 0 Å². The molecule has 1 fully saturated rings. The maximum absolute atomic E-state index is 13.3. The molecule has 1 saturated heterocycles. The number of amides is 1. The van der Waals surface area contributed by atoms with E-state index in [1.54, 1.807) is 6.08 Å². The van der Waals surface area contributed by atoms with E-state index in [9.17, 15) is 35.1 Å². The number of esters is 1. The van der Waals surface area contributed by atoms with E-state index in [2.05, 4.69) is 99.0 Å². The zero-order chi connectivity index (χ0) is 54.7. The monoisotopic (exact) mass is 1050 g/mol. The van der Waals surface area contributed by atoms with Crippen LogP contribution in [0.2, 0.25) is 0 Å². The van der Waals surface area contributed by atoms with Crippen LogP contribution in [-0.4, -0.2) is 99.6 Å². The minimum absolute atomic E-state index is 0.106. The number of nitrogens with one attached hydrogen (secondary N) is 1. The van der Waals surface area contributed by atoms with Gasteiger partial charge in [-0.15, -0.1) is 0 Å². The van der Waals surface area contributed by atoms with Crippen LogP contribution in [0.1, 0.15) is 245 Å². The summed E-state index contributed by atoms with van der Waals surface area (Å²) in [6.07, 6.45) is 56.3. The van der Waals surface area contributed by atoms with Gasteiger partial charge in [-0.25, -0.2) is 0 Å². The van der Waals surface area contributed by atoms with E-state index in [-0.39, 0.29) is 19.4 Å². The molecule has 0 aromatic rings. The predicted octanol–water partition coefficient (Wildman–Crippen LogP) is 14.2. The minimum atomic E-state index is -1.62. The number of ether oxygens (including phenoxy) is 3. The minimum Gasteiger partial charge on any atom is -0.454 e. The smallest absolute Gasteiger partial charge is 0.306 e. The van der Waals surface area contributed by atoms with Crippen molar-refractivity contribution in [2.24, 2.45) is 0 Å². The fourth-order valence-electron chi connectivity index (χ4n) is 8.95. The molecule has 1 aliphatic rings. The summed E-state index contributed by atoms with van der Waals surface area (Å²) in [5.41, 5.74) is 0. The molecule has 11 nitrogen and oxygen atoms in total. The van der Waals surface area contributed by atoms with E-state index >= 15 is 0 Å². The van der Waals surface area contributed by atoms with Gasteiger partial charge in [0, 0.05) is 6.42 Å². The number of hydrogen-bond donors (Lipinski definition) is 6. The van der Waals surface area contributed by atoms with Crippen molar-refractivity contribution in [3.05, 3.63) is 85.1 Å². The Labute approximate surface area is 457 Å². The normalized spacial score (nSPS) is 19.8. The average molecular weight is 1050 g/mol. The largest absolute Gasteiger partial charge is 0.454 e. The number of hydrogen-bond acceptors (Lipinski definition) is 10. The molecule has 0 radical (unpaired) electrons. The molecule has 0 bridgehead atoms. The van der Waals surface area contributed by atoms with Crippen LogP contribution < -0.4 is 5.32 Å². The third-order valence-corrected chi connectivity index (χ3v) is 13.8. The third kappa shape index (κ3) is 39.8. The molecule has 432 valence electrons. The molecule has 75 heavy (non-hydrogen) atoms. The number of carbonyl (C=O) groups is 2. The van der Waals surface area contributed by atoms with Crippen molar-refractivity contribution in [3.63, 3.8) is 0 Å². The lowest BCUT2D eigenvalue weighted by molar-refractivity contribution is -0.305. The van der Waals surface area contributed by atoms with Crippen LogP contribution in [0.15, 0.2) is 85.1 Å². The molecular weight excluding hydrogens is 943 g/mol. The Morgan fingerprint density at radius 1 is 0.533 bits per heavy atom. The first kappa shape index (κ1) is 69.9. The quantitative estimate of drug-likeness (QED) is 0.0195. The van der Waals surface area contributed by atoms with Crippen LogP contribution >= 0.6 is 0 Å². The summed E-state index contributed by atoms with van der Waals surface area (Å²) in [6, 6.07) is -1.03. The Hall–Kier alpha value is -3.16. The van der Waals surface area contributed by atoms with Crippen molar-refractivity contribution in [1.29, 1.82) is 0 Å². The Balaban J connectivity index is 2.65. The topological polar surface area (TPSA) is 175 Å². The molecule has 8 atom stereocenters. The fourth-order valence-corrected chi connectivity index (χ4v) is 8.95. The predicted molar refractivity (Wildman–Crippen MR) is 310 cm³/mol. The molecule has 0 saturated carbocycles. The van der Waals surface area contributed by atoms with Crippen LogP contribution in [0, 0.1) is 0 Å². The van der Waals surface area contributed by atoms with Crippen molar-refractivity contribution in [1.82, 2.24) is 5.32 Å². The average Bonchev–Trinajstić information content (AvgIpc) is 3.41. The van der Waals surface area contributed by atoms with Crippen molar-refractivity contribution in [2.45, 2.75) is 294 Å². The number of rotatable bonds is 50. The van der Waals surface area contributed by atoms with Gasteiger partial charge >= 0.3 is 5.97 Å². The van der Waals surface area contributed by atoms with Gasteiger partial charge in [0.05, 0.1) is 25.4 Å². The van der Waals surface area contributed by atoms with E-state index < -0.39 is 67.4 Å². The van der Waals surface area contributed by atoms with E-state index in [4.69, 9.17) is 14.2 Å². The second-order valence-corrected chi connectivity index (χ2v) is 20.7. The molecule has 0 aromatic heterocycles. The Bertz CT molecular complexity index is 1540. The van der Waals surface area contributed by atoms with Gasteiger partial charge in [0.1, 0.15) is 24.4 Å². The maximum Gasteiger partial charge on any atom is 0.306 e. The van der Waals surface area contributed by atoms with Crippen LogP contribution in [0.3, 0.4) is 0 Å². The molecule has 0 spiro atoms. The Morgan fingerprint density at radius 3 is 1.49 bits per heavy atom. The summed E-state index contributed by atoms with van der Waals surface area (Å²) in [4.78, 5) is 26.5. The molecule has 1 rings (SSSR count). The molecule has 6 N–H and O–H groups in total. The second kappa shape index (κ2) is 51.6. The summed E-state index contributed by atoms with van der Waals surface area (Å²) < 4.78 is 17.6. The lowest BCUT2D eigenvalue weighted by atomic mass is 9.99. The fraction of sp³-hybridized carbons (Fsp3) is 0.750. The van der Waals surface area contributed by atoms with Gasteiger partial charge in [-0.3, -0.25) is 9.59 Å². The molecular formula is C64H111NO10. The van der Waals surface area contributed by atoms with Gasteiger partial charge in [-0.1, -0.05) is 234 Å². The van der Waals surface area contributed by atoms with Crippen LogP contribution in [0.25, 0.3) is 0 Å². The lowest BCUT2D eigenvalue weighted by Crippen LogP contribution is -2.61. The summed E-state index contributed by atoms with van der Waals surface area (Å²) in [6.45, 7) is 5.61. The first-order valence-electron chi connectivity index (χ1n) is 30.4.